The van der Waals surface area contributed by atoms with Gasteiger partial charge < -0.3 is 11.1 Å². The molecule has 0 amide bonds. The maximum atomic E-state index is 5.61. The second-order valence-corrected chi connectivity index (χ2v) is 2.85. The maximum Gasteiger partial charge on any atom is 0.149 e. The van der Waals surface area contributed by atoms with Crippen LogP contribution in [0, 0.1) is 0 Å². The summed E-state index contributed by atoms with van der Waals surface area (Å²) in [6.07, 6.45) is 1.66. The van der Waals surface area contributed by atoms with Gasteiger partial charge in [-0.3, -0.25) is 0 Å². The van der Waals surface area contributed by atoms with Crippen molar-refractivity contribution < 1.29 is 0 Å². The Kier molecular flexibility index (Phi) is 2.94. The topological polar surface area (TPSA) is 50.9 Å². The smallest absolute Gasteiger partial charge is 0.149 e. The minimum absolute atomic E-state index is 0.475. The zero-order chi connectivity index (χ0) is 8.97. The summed E-state index contributed by atoms with van der Waals surface area (Å²) in [5, 5.41) is 3.47. The van der Waals surface area contributed by atoms with Crippen molar-refractivity contribution in [3.8, 4) is 0 Å². The predicted molar refractivity (Wildman–Crippen MR) is 52.1 cm³/mol. The molecule has 0 bridgehead atoms. The van der Waals surface area contributed by atoms with E-state index in [0.29, 0.717) is 23.1 Å². The number of rotatable bonds is 3. The second kappa shape index (κ2) is 3.97. The largest absolute Gasteiger partial charge is 0.396 e. The van der Waals surface area contributed by atoms with E-state index in [0.717, 1.165) is 0 Å². The van der Waals surface area contributed by atoms with Crippen LogP contribution in [-0.4, -0.2) is 11.5 Å². The lowest BCUT2D eigenvalue weighted by molar-refractivity contribution is 1.22. The quantitative estimate of drug-likeness (QED) is 0.752. The average Bonchev–Trinajstić information content (AvgIpc) is 2.03. The SMILES string of the molecule is C=C(Cl)CNc1ncccc1N. The summed E-state index contributed by atoms with van der Waals surface area (Å²) in [6, 6.07) is 3.54. The lowest BCUT2D eigenvalue weighted by Gasteiger charge is -2.05. The highest BCUT2D eigenvalue weighted by Crippen LogP contribution is 2.13. The van der Waals surface area contributed by atoms with Gasteiger partial charge in [-0.1, -0.05) is 18.2 Å². The Morgan fingerprint density at radius 3 is 3.08 bits per heavy atom. The summed E-state index contributed by atoms with van der Waals surface area (Å²) in [5.41, 5.74) is 6.22. The summed E-state index contributed by atoms with van der Waals surface area (Å²) in [5.74, 6) is 0.638. The van der Waals surface area contributed by atoms with E-state index in [4.69, 9.17) is 17.3 Å². The van der Waals surface area contributed by atoms with Crippen LogP contribution in [0.15, 0.2) is 29.9 Å². The number of hydrogen-bond acceptors (Lipinski definition) is 3. The van der Waals surface area contributed by atoms with E-state index in [-0.39, 0.29) is 0 Å². The van der Waals surface area contributed by atoms with Crippen LogP contribution in [-0.2, 0) is 0 Å². The van der Waals surface area contributed by atoms with Crippen molar-refractivity contribution in [3.63, 3.8) is 0 Å². The van der Waals surface area contributed by atoms with Crippen LogP contribution in [0.4, 0.5) is 11.5 Å². The Morgan fingerprint density at radius 2 is 2.50 bits per heavy atom. The molecule has 0 aromatic carbocycles. The average molecular weight is 184 g/mol. The Morgan fingerprint density at radius 1 is 1.75 bits per heavy atom. The Bertz CT molecular complexity index is 285. The molecule has 0 radical (unpaired) electrons. The van der Waals surface area contributed by atoms with Gasteiger partial charge in [0.25, 0.3) is 0 Å². The standard InChI is InChI=1S/C8H10ClN3/c1-6(9)5-12-8-7(10)3-2-4-11-8/h2-4H,1,5,10H2,(H,11,12). The molecule has 0 aliphatic carbocycles. The van der Waals surface area contributed by atoms with Gasteiger partial charge in [0.05, 0.1) is 12.2 Å². The van der Waals surface area contributed by atoms with Crippen molar-refractivity contribution in [2.45, 2.75) is 0 Å². The number of halogens is 1. The van der Waals surface area contributed by atoms with Gasteiger partial charge in [0.1, 0.15) is 5.82 Å². The highest BCUT2D eigenvalue weighted by Gasteiger charge is 1.97. The fraction of sp³-hybridized carbons (Fsp3) is 0.125. The summed E-state index contributed by atoms with van der Waals surface area (Å²) in [4.78, 5) is 4.01. The third kappa shape index (κ3) is 2.43. The fourth-order valence-corrected chi connectivity index (χ4v) is 0.812. The molecule has 0 spiro atoms. The first-order chi connectivity index (χ1) is 5.70. The van der Waals surface area contributed by atoms with E-state index in [1.165, 1.54) is 0 Å². The van der Waals surface area contributed by atoms with E-state index >= 15 is 0 Å². The lowest BCUT2D eigenvalue weighted by atomic mass is 10.4. The molecular weight excluding hydrogens is 174 g/mol. The van der Waals surface area contributed by atoms with Crippen molar-refractivity contribution in [1.29, 1.82) is 0 Å². The maximum absolute atomic E-state index is 5.61. The summed E-state index contributed by atoms with van der Waals surface area (Å²) >= 11 is 5.55. The highest BCUT2D eigenvalue weighted by molar-refractivity contribution is 6.29. The normalized spacial score (nSPS) is 9.42. The van der Waals surface area contributed by atoms with Gasteiger partial charge in [-0.05, 0) is 12.1 Å². The van der Waals surface area contributed by atoms with Crippen LogP contribution in [0.1, 0.15) is 0 Å². The third-order valence-corrected chi connectivity index (χ3v) is 1.42. The summed E-state index contributed by atoms with van der Waals surface area (Å²) in [7, 11) is 0. The number of nitrogens with two attached hydrogens (primary N) is 1. The number of aromatic nitrogens is 1. The fourth-order valence-electron chi connectivity index (χ4n) is 0.745. The van der Waals surface area contributed by atoms with Gasteiger partial charge in [-0.15, -0.1) is 0 Å². The van der Waals surface area contributed by atoms with Crippen LogP contribution in [0.3, 0.4) is 0 Å². The number of pyridine rings is 1. The molecule has 4 heteroatoms. The minimum atomic E-state index is 0.475. The van der Waals surface area contributed by atoms with Crippen molar-refractivity contribution in [2.75, 3.05) is 17.6 Å². The van der Waals surface area contributed by atoms with Crippen LogP contribution < -0.4 is 11.1 Å². The first-order valence-corrected chi connectivity index (χ1v) is 3.85. The van der Waals surface area contributed by atoms with Gasteiger partial charge in [0.2, 0.25) is 0 Å². The van der Waals surface area contributed by atoms with Crippen LogP contribution in [0.2, 0.25) is 0 Å². The van der Waals surface area contributed by atoms with Crippen LogP contribution in [0.25, 0.3) is 0 Å². The van der Waals surface area contributed by atoms with E-state index in [1.54, 1.807) is 18.3 Å². The molecule has 3 N–H and O–H groups in total. The van der Waals surface area contributed by atoms with Crippen molar-refractivity contribution in [1.82, 2.24) is 4.98 Å². The van der Waals surface area contributed by atoms with Gasteiger partial charge in [0, 0.05) is 11.2 Å². The summed E-state index contributed by atoms with van der Waals surface area (Å²) < 4.78 is 0. The molecule has 64 valence electrons. The van der Waals surface area contributed by atoms with Crippen molar-refractivity contribution in [3.05, 3.63) is 29.9 Å². The summed E-state index contributed by atoms with van der Waals surface area (Å²) in [6.45, 7) is 4.01. The van der Waals surface area contributed by atoms with Gasteiger partial charge in [-0.25, -0.2) is 4.98 Å². The predicted octanol–water partition coefficient (Wildman–Crippen LogP) is 1.83. The van der Waals surface area contributed by atoms with Crippen molar-refractivity contribution in [2.24, 2.45) is 0 Å². The molecule has 0 saturated carbocycles. The van der Waals surface area contributed by atoms with E-state index < -0.39 is 0 Å². The number of nitrogens with zero attached hydrogens (tertiary/aromatic N) is 1. The molecule has 3 nitrogen and oxygen atoms in total. The molecule has 1 aromatic heterocycles. The Labute approximate surface area is 76.2 Å². The molecule has 0 aliphatic rings. The van der Waals surface area contributed by atoms with Crippen molar-refractivity contribution >= 4 is 23.1 Å². The minimum Gasteiger partial charge on any atom is -0.396 e. The first kappa shape index (κ1) is 8.87. The van der Waals surface area contributed by atoms with E-state index in [1.807, 2.05) is 0 Å². The monoisotopic (exact) mass is 183 g/mol. The van der Waals surface area contributed by atoms with Crippen LogP contribution in [0.5, 0.6) is 0 Å². The zero-order valence-corrected chi connectivity index (χ0v) is 7.30. The number of anilines is 2. The molecule has 1 aromatic rings. The Balaban J connectivity index is 2.63. The van der Waals surface area contributed by atoms with Gasteiger partial charge in [-0.2, -0.15) is 0 Å². The van der Waals surface area contributed by atoms with E-state index in [9.17, 15) is 0 Å². The number of hydrogen-bond donors (Lipinski definition) is 2. The molecule has 0 unspecified atom stereocenters. The number of nitrogen functional groups attached to an aromatic ring is 1. The molecule has 12 heavy (non-hydrogen) atoms. The Hall–Kier alpha value is -1.22. The molecule has 1 heterocycles. The lowest BCUT2D eigenvalue weighted by Crippen LogP contribution is -2.05. The molecule has 1 rings (SSSR count). The second-order valence-electron chi connectivity index (χ2n) is 2.31. The molecule has 0 saturated heterocycles. The molecule has 0 aliphatic heterocycles. The molecule has 0 fully saturated rings. The molecule has 0 atom stereocenters. The molecular formula is C8H10ClN3. The van der Waals surface area contributed by atoms with E-state index in [2.05, 4.69) is 16.9 Å². The third-order valence-electron chi connectivity index (χ3n) is 1.29. The number of nitrogens with one attached hydrogen (secondary N) is 1. The van der Waals surface area contributed by atoms with Crippen LogP contribution >= 0.6 is 11.6 Å². The first-order valence-electron chi connectivity index (χ1n) is 3.48. The highest BCUT2D eigenvalue weighted by atomic mass is 35.5. The zero-order valence-electron chi connectivity index (χ0n) is 6.55. The van der Waals surface area contributed by atoms with Gasteiger partial charge >= 0.3 is 0 Å². The van der Waals surface area contributed by atoms with Gasteiger partial charge in [0.15, 0.2) is 0 Å².